The van der Waals surface area contributed by atoms with Gasteiger partial charge in [0.05, 0.1) is 24.4 Å². The van der Waals surface area contributed by atoms with Gasteiger partial charge in [0.2, 0.25) is 0 Å². The summed E-state index contributed by atoms with van der Waals surface area (Å²) in [4.78, 5) is 0. The van der Waals surface area contributed by atoms with E-state index in [9.17, 15) is 0 Å². The lowest BCUT2D eigenvalue weighted by atomic mass is 10.0. The predicted octanol–water partition coefficient (Wildman–Crippen LogP) is 1.78. The van der Waals surface area contributed by atoms with Crippen molar-refractivity contribution in [1.29, 1.82) is 0 Å². The van der Waals surface area contributed by atoms with E-state index in [0.717, 1.165) is 11.3 Å². The van der Waals surface area contributed by atoms with E-state index in [1.54, 1.807) is 19.4 Å². The van der Waals surface area contributed by atoms with Gasteiger partial charge in [0.1, 0.15) is 11.4 Å². The minimum atomic E-state index is -0.0417. The smallest absolute Gasteiger partial charge is 0.137 e. The van der Waals surface area contributed by atoms with Gasteiger partial charge in [-0.1, -0.05) is 17.7 Å². The molecule has 5 nitrogen and oxygen atoms in total. The second kappa shape index (κ2) is 5.16. The summed E-state index contributed by atoms with van der Waals surface area (Å²) >= 11 is 5.99. The lowest BCUT2D eigenvalue weighted by Crippen LogP contribution is -2.18. The first kappa shape index (κ1) is 11.9. The Morgan fingerprint density at radius 2 is 2.29 bits per heavy atom. The number of benzene rings is 1. The molecule has 0 saturated carbocycles. The van der Waals surface area contributed by atoms with Crippen LogP contribution in [0.4, 0.5) is 0 Å². The van der Waals surface area contributed by atoms with Gasteiger partial charge in [-0.3, -0.25) is 0 Å². The van der Waals surface area contributed by atoms with Crippen LogP contribution in [0.2, 0.25) is 5.02 Å². The Balaban J connectivity index is 2.38. The van der Waals surface area contributed by atoms with Gasteiger partial charge < -0.3 is 10.1 Å². The van der Waals surface area contributed by atoms with Crippen LogP contribution in [0.3, 0.4) is 0 Å². The number of aromatic nitrogens is 3. The van der Waals surface area contributed by atoms with Gasteiger partial charge in [-0.05, 0) is 24.7 Å². The highest BCUT2D eigenvalue weighted by atomic mass is 35.5. The molecule has 0 aliphatic rings. The quantitative estimate of drug-likeness (QED) is 0.871. The molecule has 0 amide bonds. The van der Waals surface area contributed by atoms with Crippen LogP contribution in [0.15, 0.2) is 24.4 Å². The van der Waals surface area contributed by atoms with Crippen molar-refractivity contribution in [3.8, 4) is 5.75 Å². The normalized spacial score (nSPS) is 12.4. The maximum Gasteiger partial charge on any atom is 0.137 e. The van der Waals surface area contributed by atoms with Crippen molar-refractivity contribution in [2.24, 2.45) is 0 Å². The van der Waals surface area contributed by atoms with E-state index in [1.165, 1.54) is 0 Å². The average Bonchev–Trinajstić information content (AvgIpc) is 2.86. The summed E-state index contributed by atoms with van der Waals surface area (Å²) in [6.45, 7) is 0. The van der Waals surface area contributed by atoms with Crippen LogP contribution in [0.1, 0.15) is 17.3 Å². The van der Waals surface area contributed by atoms with Crippen molar-refractivity contribution in [1.82, 2.24) is 20.7 Å². The molecule has 1 aromatic heterocycles. The van der Waals surface area contributed by atoms with Gasteiger partial charge in [-0.15, -0.1) is 0 Å². The van der Waals surface area contributed by atoms with Gasteiger partial charge in [-0.2, -0.15) is 15.4 Å². The van der Waals surface area contributed by atoms with E-state index in [-0.39, 0.29) is 6.04 Å². The van der Waals surface area contributed by atoms with Crippen molar-refractivity contribution in [2.75, 3.05) is 14.2 Å². The van der Waals surface area contributed by atoms with Crippen LogP contribution in [0, 0.1) is 0 Å². The SMILES string of the molecule is CNC(c1ccc(Cl)c(OC)c1)c1cn[nH]n1. The Morgan fingerprint density at radius 3 is 2.88 bits per heavy atom. The van der Waals surface area contributed by atoms with Crippen molar-refractivity contribution >= 4 is 11.6 Å². The number of aromatic amines is 1. The molecular weight excluding hydrogens is 240 g/mol. The fourth-order valence-electron chi connectivity index (χ4n) is 1.69. The second-order valence-corrected chi connectivity index (χ2v) is 3.92. The molecule has 1 unspecified atom stereocenters. The highest BCUT2D eigenvalue weighted by Gasteiger charge is 2.16. The van der Waals surface area contributed by atoms with Crippen molar-refractivity contribution < 1.29 is 4.74 Å². The summed E-state index contributed by atoms with van der Waals surface area (Å²) in [5, 5.41) is 14.2. The molecule has 0 saturated heterocycles. The molecule has 0 aliphatic heterocycles. The van der Waals surface area contributed by atoms with Crippen LogP contribution in [0.25, 0.3) is 0 Å². The molecule has 2 N–H and O–H groups in total. The van der Waals surface area contributed by atoms with E-state index in [2.05, 4.69) is 20.7 Å². The Bertz CT molecular complexity index is 486. The number of methoxy groups -OCH3 is 1. The van der Waals surface area contributed by atoms with Crippen molar-refractivity contribution in [3.05, 3.63) is 40.7 Å². The fourth-order valence-corrected chi connectivity index (χ4v) is 1.89. The molecule has 0 fully saturated rings. The lowest BCUT2D eigenvalue weighted by Gasteiger charge is -2.15. The lowest BCUT2D eigenvalue weighted by molar-refractivity contribution is 0.414. The van der Waals surface area contributed by atoms with Crippen LogP contribution in [-0.2, 0) is 0 Å². The van der Waals surface area contributed by atoms with Gasteiger partial charge in [0, 0.05) is 0 Å². The molecule has 2 aromatic rings. The number of nitrogens with one attached hydrogen (secondary N) is 2. The van der Waals surface area contributed by atoms with Gasteiger partial charge >= 0.3 is 0 Å². The van der Waals surface area contributed by atoms with E-state index in [0.29, 0.717) is 10.8 Å². The van der Waals surface area contributed by atoms with Crippen LogP contribution in [-0.4, -0.2) is 29.6 Å². The molecule has 0 aliphatic carbocycles. The number of hydrogen-bond donors (Lipinski definition) is 2. The molecule has 90 valence electrons. The number of nitrogens with zero attached hydrogens (tertiary/aromatic N) is 2. The molecule has 1 heterocycles. The zero-order chi connectivity index (χ0) is 12.3. The third-order valence-corrected chi connectivity index (χ3v) is 2.84. The second-order valence-electron chi connectivity index (χ2n) is 3.51. The van der Waals surface area contributed by atoms with E-state index in [4.69, 9.17) is 16.3 Å². The fraction of sp³-hybridized carbons (Fsp3) is 0.273. The molecule has 0 bridgehead atoms. The molecule has 0 radical (unpaired) electrons. The number of ether oxygens (including phenoxy) is 1. The number of hydrogen-bond acceptors (Lipinski definition) is 4. The van der Waals surface area contributed by atoms with Crippen LogP contribution < -0.4 is 10.1 Å². The van der Waals surface area contributed by atoms with E-state index in [1.807, 2.05) is 19.2 Å². The topological polar surface area (TPSA) is 62.8 Å². The molecular formula is C11H13ClN4O. The van der Waals surface area contributed by atoms with Crippen LogP contribution >= 0.6 is 11.6 Å². The summed E-state index contributed by atoms with van der Waals surface area (Å²) in [5.41, 5.74) is 1.83. The van der Waals surface area contributed by atoms with Crippen molar-refractivity contribution in [2.45, 2.75) is 6.04 Å². The molecule has 1 aromatic carbocycles. The van der Waals surface area contributed by atoms with Crippen molar-refractivity contribution in [3.63, 3.8) is 0 Å². The first-order chi connectivity index (χ1) is 8.26. The minimum Gasteiger partial charge on any atom is -0.495 e. The van der Waals surface area contributed by atoms with E-state index >= 15 is 0 Å². The van der Waals surface area contributed by atoms with Gasteiger partial charge in [0.25, 0.3) is 0 Å². The third kappa shape index (κ3) is 2.40. The van der Waals surface area contributed by atoms with E-state index < -0.39 is 0 Å². The Hall–Kier alpha value is -1.59. The third-order valence-electron chi connectivity index (χ3n) is 2.53. The Kier molecular flexibility index (Phi) is 3.61. The maximum atomic E-state index is 5.99. The monoisotopic (exact) mass is 252 g/mol. The summed E-state index contributed by atoms with van der Waals surface area (Å²) < 4.78 is 5.19. The van der Waals surface area contributed by atoms with Gasteiger partial charge in [0.15, 0.2) is 0 Å². The minimum absolute atomic E-state index is 0.0417. The zero-order valence-corrected chi connectivity index (χ0v) is 10.3. The molecule has 1 atom stereocenters. The summed E-state index contributed by atoms with van der Waals surface area (Å²) in [6, 6.07) is 5.58. The Labute approximate surface area is 104 Å². The summed E-state index contributed by atoms with van der Waals surface area (Å²) in [6.07, 6.45) is 1.68. The standard InChI is InChI=1S/C11H13ClN4O/c1-13-11(9-6-14-16-15-9)7-3-4-8(12)10(5-7)17-2/h3-6,11,13H,1-2H3,(H,14,15,16). The molecule has 6 heteroatoms. The highest BCUT2D eigenvalue weighted by Crippen LogP contribution is 2.29. The number of H-pyrrole nitrogens is 1. The summed E-state index contributed by atoms with van der Waals surface area (Å²) in [7, 11) is 3.45. The predicted molar refractivity (Wildman–Crippen MR) is 65.3 cm³/mol. The average molecular weight is 253 g/mol. The molecule has 17 heavy (non-hydrogen) atoms. The van der Waals surface area contributed by atoms with Crippen LogP contribution in [0.5, 0.6) is 5.75 Å². The number of rotatable bonds is 4. The molecule has 2 rings (SSSR count). The first-order valence-corrected chi connectivity index (χ1v) is 5.50. The highest BCUT2D eigenvalue weighted by molar-refractivity contribution is 6.32. The Morgan fingerprint density at radius 1 is 1.47 bits per heavy atom. The molecule has 0 spiro atoms. The first-order valence-electron chi connectivity index (χ1n) is 5.12. The zero-order valence-electron chi connectivity index (χ0n) is 9.57. The number of halogens is 1. The maximum absolute atomic E-state index is 5.99. The van der Waals surface area contributed by atoms with Gasteiger partial charge in [-0.25, -0.2) is 0 Å². The summed E-state index contributed by atoms with van der Waals surface area (Å²) in [5.74, 6) is 0.646. The largest absolute Gasteiger partial charge is 0.495 e.